The quantitative estimate of drug-likeness (QED) is 0.778. The van der Waals surface area contributed by atoms with Gasteiger partial charge in [0.25, 0.3) is 0 Å². The fraction of sp³-hybridized carbons (Fsp3) is 0.462. The van der Waals surface area contributed by atoms with Gasteiger partial charge in [-0.2, -0.15) is 0 Å². The summed E-state index contributed by atoms with van der Waals surface area (Å²) in [7, 11) is -3.60. The highest BCUT2D eigenvalue weighted by Crippen LogP contribution is 2.22. The molecule has 20 heavy (non-hydrogen) atoms. The van der Waals surface area contributed by atoms with E-state index in [9.17, 15) is 13.2 Å². The van der Waals surface area contributed by atoms with Gasteiger partial charge in [0.1, 0.15) is 0 Å². The number of hydrogen-bond donors (Lipinski definition) is 2. The molecule has 0 fully saturated rings. The van der Waals surface area contributed by atoms with Crippen molar-refractivity contribution in [2.45, 2.75) is 31.6 Å². The molecule has 0 unspecified atom stereocenters. The molecule has 0 aliphatic heterocycles. The molecule has 0 aliphatic carbocycles. The molecule has 0 bridgehead atoms. The van der Waals surface area contributed by atoms with Crippen LogP contribution in [0.5, 0.6) is 0 Å². The minimum absolute atomic E-state index is 0.0815. The van der Waals surface area contributed by atoms with Crippen LogP contribution in [0.3, 0.4) is 0 Å². The molecule has 1 aromatic carbocycles. The Morgan fingerprint density at radius 3 is 2.60 bits per heavy atom. The summed E-state index contributed by atoms with van der Waals surface area (Å²) in [6.45, 7) is 4.53. The third kappa shape index (κ3) is 5.22. The topological polar surface area (TPSA) is 75.3 Å². The maximum absolute atomic E-state index is 12.1. The first-order valence-corrected chi connectivity index (χ1v) is 8.67. The highest BCUT2D eigenvalue weighted by molar-refractivity contribution is 9.10. The highest BCUT2D eigenvalue weighted by atomic mass is 79.9. The molecule has 0 heterocycles. The lowest BCUT2D eigenvalue weighted by atomic mass is 10.2. The molecule has 1 aromatic rings. The summed E-state index contributed by atoms with van der Waals surface area (Å²) >= 11 is 3.24. The zero-order valence-corrected chi connectivity index (χ0v) is 14.0. The van der Waals surface area contributed by atoms with E-state index in [1.165, 1.54) is 0 Å². The van der Waals surface area contributed by atoms with Crippen LogP contribution in [0.2, 0.25) is 0 Å². The Balaban J connectivity index is 2.60. The Labute approximate surface area is 128 Å². The Morgan fingerprint density at radius 2 is 2.00 bits per heavy atom. The Hall–Kier alpha value is -0.920. The van der Waals surface area contributed by atoms with E-state index in [-0.39, 0.29) is 23.8 Å². The van der Waals surface area contributed by atoms with E-state index in [4.69, 9.17) is 0 Å². The fourth-order valence-corrected chi connectivity index (χ4v) is 3.77. The summed E-state index contributed by atoms with van der Waals surface area (Å²) in [5.41, 5.74) is 0.967. The van der Waals surface area contributed by atoms with Gasteiger partial charge < -0.3 is 5.32 Å². The second-order valence-electron chi connectivity index (χ2n) is 4.43. The summed E-state index contributed by atoms with van der Waals surface area (Å²) in [4.78, 5) is 11.6. The lowest BCUT2D eigenvalue weighted by molar-refractivity contribution is -0.120. The first kappa shape index (κ1) is 17.1. The summed E-state index contributed by atoms with van der Waals surface area (Å²) in [6.07, 6.45) is 0.983. The second-order valence-corrected chi connectivity index (χ2v) is 7.02. The minimum atomic E-state index is -3.60. The van der Waals surface area contributed by atoms with E-state index in [1.807, 2.05) is 13.8 Å². The van der Waals surface area contributed by atoms with E-state index < -0.39 is 10.0 Å². The maximum atomic E-state index is 12.1. The number of carbonyl (C=O) groups is 1. The van der Waals surface area contributed by atoms with Crippen LogP contribution in [-0.2, 0) is 14.8 Å². The van der Waals surface area contributed by atoms with Gasteiger partial charge in [-0.15, -0.1) is 0 Å². The molecule has 5 nitrogen and oxygen atoms in total. The predicted octanol–water partition coefficient (Wildman–Crippen LogP) is 1.95. The second kappa shape index (κ2) is 7.75. The molecule has 0 radical (unpaired) electrons. The lowest BCUT2D eigenvalue weighted by Crippen LogP contribution is -2.31. The van der Waals surface area contributed by atoms with Crippen LogP contribution in [0.4, 0.5) is 0 Å². The molecule has 0 aromatic heterocycles. The molecule has 0 saturated carbocycles. The van der Waals surface area contributed by atoms with Crippen LogP contribution < -0.4 is 10.0 Å². The van der Waals surface area contributed by atoms with Crippen molar-refractivity contribution in [3.63, 3.8) is 0 Å². The van der Waals surface area contributed by atoms with Crippen molar-refractivity contribution in [2.75, 3.05) is 13.1 Å². The van der Waals surface area contributed by atoms with E-state index in [1.54, 1.807) is 18.2 Å². The number of carbonyl (C=O) groups excluding carboxylic acids is 1. The largest absolute Gasteiger partial charge is 0.356 e. The van der Waals surface area contributed by atoms with Crippen LogP contribution in [-0.4, -0.2) is 27.4 Å². The number of rotatable bonds is 7. The average Bonchev–Trinajstić information content (AvgIpc) is 2.35. The van der Waals surface area contributed by atoms with Gasteiger partial charge in [0.05, 0.1) is 4.90 Å². The number of hydrogen-bond acceptors (Lipinski definition) is 3. The zero-order valence-electron chi connectivity index (χ0n) is 11.6. The Morgan fingerprint density at radius 1 is 1.30 bits per heavy atom. The van der Waals surface area contributed by atoms with Gasteiger partial charge >= 0.3 is 0 Å². The highest BCUT2D eigenvalue weighted by Gasteiger charge is 2.17. The van der Waals surface area contributed by atoms with E-state index in [0.29, 0.717) is 11.0 Å². The standard InChI is InChI=1S/C13H19BrN2O3S/c1-3-7-15-13(17)6-8-16-20(18,19)12-5-4-10(2)9-11(12)14/h4-5,9,16H,3,6-8H2,1-2H3,(H,15,17). The summed E-state index contributed by atoms with van der Waals surface area (Å²) in [5.74, 6) is -0.155. The van der Waals surface area contributed by atoms with Crippen molar-refractivity contribution in [1.82, 2.24) is 10.0 Å². The molecule has 7 heteroatoms. The van der Waals surface area contributed by atoms with E-state index in [0.717, 1.165) is 12.0 Å². The third-order valence-corrected chi connectivity index (χ3v) is 5.03. The molecule has 0 aliphatic rings. The summed E-state index contributed by atoms with van der Waals surface area (Å²) in [5, 5.41) is 2.69. The smallest absolute Gasteiger partial charge is 0.241 e. The van der Waals surface area contributed by atoms with Gasteiger partial charge in [-0.1, -0.05) is 13.0 Å². The number of aryl methyl sites for hydroxylation is 1. The Kier molecular flexibility index (Phi) is 6.64. The van der Waals surface area contributed by atoms with Gasteiger partial charge in [-0.25, -0.2) is 13.1 Å². The molecule has 112 valence electrons. The number of amides is 1. The van der Waals surface area contributed by atoms with Crippen LogP contribution in [0, 0.1) is 6.92 Å². The van der Waals surface area contributed by atoms with Crippen LogP contribution in [0.1, 0.15) is 25.3 Å². The predicted molar refractivity (Wildman–Crippen MR) is 82.0 cm³/mol. The van der Waals surface area contributed by atoms with Gasteiger partial charge in [0.2, 0.25) is 15.9 Å². The fourth-order valence-electron chi connectivity index (χ4n) is 1.55. The molecular weight excluding hydrogens is 344 g/mol. The lowest BCUT2D eigenvalue weighted by Gasteiger charge is -2.09. The molecule has 1 rings (SSSR count). The van der Waals surface area contributed by atoms with Crippen LogP contribution in [0.25, 0.3) is 0 Å². The van der Waals surface area contributed by atoms with Crippen LogP contribution in [0.15, 0.2) is 27.6 Å². The normalized spacial score (nSPS) is 11.3. The van der Waals surface area contributed by atoms with Crippen molar-refractivity contribution in [3.8, 4) is 0 Å². The molecule has 0 spiro atoms. The van der Waals surface area contributed by atoms with Gasteiger partial charge in [0, 0.05) is 24.0 Å². The number of benzene rings is 1. The molecule has 2 N–H and O–H groups in total. The van der Waals surface area contributed by atoms with Crippen molar-refractivity contribution in [3.05, 3.63) is 28.2 Å². The zero-order chi connectivity index (χ0) is 15.2. The van der Waals surface area contributed by atoms with E-state index >= 15 is 0 Å². The van der Waals surface area contributed by atoms with Gasteiger partial charge in [-0.05, 0) is 47.0 Å². The SMILES string of the molecule is CCCNC(=O)CCNS(=O)(=O)c1ccc(C)cc1Br. The maximum Gasteiger partial charge on any atom is 0.241 e. The first-order valence-electron chi connectivity index (χ1n) is 6.39. The van der Waals surface area contributed by atoms with Crippen molar-refractivity contribution in [2.24, 2.45) is 0 Å². The van der Waals surface area contributed by atoms with E-state index in [2.05, 4.69) is 26.0 Å². The summed E-state index contributed by atoms with van der Waals surface area (Å²) in [6, 6.07) is 5.01. The Bertz CT molecular complexity index is 573. The minimum Gasteiger partial charge on any atom is -0.356 e. The van der Waals surface area contributed by atoms with Gasteiger partial charge in [0.15, 0.2) is 0 Å². The number of nitrogens with one attached hydrogen (secondary N) is 2. The van der Waals surface area contributed by atoms with Crippen molar-refractivity contribution >= 4 is 31.9 Å². The number of halogens is 1. The monoisotopic (exact) mass is 362 g/mol. The average molecular weight is 363 g/mol. The molecule has 0 atom stereocenters. The molecule has 0 saturated heterocycles. The third-order valence-electron chi connectivity index (χ3n) is 2.59. The van der Waals surface area contributed by atoms with Gasteiger partial charge in [-0.3, -0.25) is 4.79 Å². The molecular formula is C13H19BrN2O3S. The van der Waals surface area contributed by atoms with Crippen molar-refractivity contribution < 1.29 is 13.2 Å². The van der Waals surface area contributed by atoms with Crippen molar-refractivity contribution in [1.29, 1.82) is 0 Å². The first-order chi connectivity index (χ1) is 9.36. The summed E-state index contributed by atoms with van der Waals surface area (Å²) < 4.78 is 27.1. The van der Waals surface area contributed by atoms with Crippen LogP contribution >= 0.6 is 15.9 Å². The number of sulfonamides is 1. The molecule has 1 amide bonds.